The second kappa shape index (κ2) is 6.38. The van der Waals surface area contributed by atoms with E-state index in [4.69, 9.17) is 11.5 Å². The van der Waals surface area contributed by atoms with Crippen molar-refractivity contribution in [3.8, 4) is 0 Å². The molecule has 0 bridgehead atoms. The largest absolute Gasteiger partial charge is 0.397 e. The molecule has 2 heterocycles. The Morgan fingerprint density at radius 3 is 2.79 bits per heavy atom. The van der Waals surface area contributed by atoms with Gasteiger partial charge in [-0.3, -0.25) is 4.79 Å². The fourth-order valence-electron chi connectivity index (χ4n) is 2.33. The van der Waals surface area contributed by atoms with E-state index >= 15 is 0 Å². The lowest BCUT2D eigenvalue weighted by atomic mass is 10.1. The minimum absolute atomic E-state index is 0.346. The lowest BCUT2D eigenvalue weighted by Crippen LogP contribution is -2.34. The second-order valence-corrected chi connectivity index (χ2v) is 4.86. The number of rotatable bonds is 5. The van der Waals surface area contributed by atoms with Gasteiger partial charge in [0.2, 0.25) is 0 Å². The number of nitrogen functional groups attached to an aromatic ring is 1. The molecule has 6 nitrogen and oxygen atoms in total. The van der Waals surface area contributed by atoms with Crippen LogP contribution in [0.15, 0.2) is 12.3 Å². The van der Waals surface area contributed by atoms with Gasteiger partial charge in [0.05, 0.1) is 17.4 Å². The van der Waals surface area contributed by atoms with Crippen LogP contribution in [0.4, 0.5) is 11.5 Å². The number of likely N-dealkylation sites (tertiary alicyclic amines) is 1. The first-order chi connectivity index (χ1) is 9.16. The molecule has 0 radical (unpaired) electrons. The lowest BCUT2D eigenvalue weighted by molar-refractivity contribution is 0.100. The van der Waals surface area contributed by atoms with E-state index in [9.17, 15) is 4.79 Å². The maximum absolute atomic E-state index is 11.3. The molecular weight excluding hydrogens is 242 g/mol. The van der Waals surface area contributed by atoms with E-state index in [0.717, 1.165) is 26.2 Å². The molecule has 1 aromatic heterocycles. The molecule has 0 unspecified atom stereocenters. The first-order valence-electron chi connectivity index (χ1n) is 6.68. The molecule has 1 aliphatic heterocycles. The first kappa shape index (κ1) is 13.6. The van der Waals surface area contributed by atoms with Gasteiger partial charge in [0.1, 0.15) is 5.82 Å². The van der Waals surface area contributed by atoms with E-state index < -0.39 is 5.91 Å². The predicted molar refractivity (Wildman–Crippen MR) is 75.9 cm³/mol. The number of aromatic nitrogens is 1. The Morgan fingerprint density at radius 2 is 2.11 bits per heavy atom. The average molecular weight is 263 g/mol. The molecule has 2 rings (SSSR count). The lowest BCUT2D eigenvalue weighted by Gasteiger charge is -2.26. The van der Waals surface area contributed by atoms with Crippen LogP contribution in [-0.4, -0.2) is 42.0 Å². The minimum Gasteiger partial charge on any atom is -0.397 e. The van der Waals surface area contributed by atoms with Gasteiger partial charge in [0.25, 0.3) is 5.91 Å². The maximum Gasteiger partial charge on any atom is 0.252 e. The summed E-state index contributed by atoms with van der Waals surface area (Å²) in [6, 6.07) is 1.55. The number of nitrogens with zero attached hydrogens (tertiary/aromatic N) is 2. The maximum atomic E-state index is 11.3. The van der Waals surface area contributed by atoms with Gasteiger partial charge in [0.15, 0.2) is 0 Å². The number of hydrogen-bond acceptors (Lipinski definition) is 5. The van der Waals surface area contributed by atoms with Crippen molar-refractivity contribution in [3.63, 3.8) is 0 Å². The monoisotopic (exact) mass is 263 g/mol. The summed E-state index contributed by atoms with van der Waals surface area (Å²) in [5.74, 6) is -0.000943. The van der Waals surface area contributed by atoms with Crippen molar-refractivity contribution in [2.75, 3.05) is 37.2 Å². The minimum atomic E-state index is -0.514. The van der Waals surface area contributed by atoms with Crippen LogP contribution < -0.4 is 16.8 Å². The zero-order valence-corrected chi connectivity index (χ0v) is 11.1. The Hall–Kier alpha value is -1.82. The summed E-state index contributed by atoms with van der Waals surface area (Å²) in [5, 5.41) is 3.16. The number of piperidine rings is 1. The van der Waals surface area contributed by atoms with Gasteiger partial charge >= 0.3 is 0 Å². The second-order valence-electron chi connectivity index (χ2n) is 4.86. The highest BCUT2D eigenvalue weighted by molar-refractivity contribution is 5.98. The van der Waals surface area contributed by atoms with Gasteiger partial charge in [0, 0.05) is 13.1 Å². The molecule has 0 aliphatic carbocycles. The van der Waals surface area contributed by atoms with Gasteiger partial charge in [-0.2, -0.15) is 0 Å². The summed E-state index contributed by atoms with van der Waals surface area (Å²) in [7, 11) is 0. The number of nitrogens with one attached hydrogen (secondary N) is 1. The highest BCUT2D eigenvalue weighted by atomic mass is 16.1. The molecule has 0 saturated carbocycles. The number of primary amides is 1. The van der Waals surface area contributed by atoms with Gasteiger partial charge in [-0.25, -0.2) is 4.98 Å². The number of carbonyl (C=O) groups is 1. The molecule has 104 valence electrons. The summed E-state index contributed by atoms with van der Waals surface area (Å²) in [5.41, 5.74) is 11.7. The number of nitrogens with two attached hydrogens (primary N) is 2. The number of hydrogen-bond donors (Lipinski definition) is 3. The summed E-state index contributed by atoms with van der Waals surface area (Å²) < 4.78 is 0. The average Bonchev–Trinajstić information content (AvgIpc) is 2.41. The molecule has 0 spiro atoms. The fraction of sp³-hybridized carbons (Fsp3) is 0.538. The van der Waals surface area contributed by atoms with Crippen LogP contribution in [0.5, 0.6) is 0 Å². The van der Waals surface area contributed by atoms with Crippen molar-refractivity contribution in [2.45, 2.75) is 19.3 Å². The molecule has 5 N–H and O–H groups in total. The SMILES string of the molecule is NC(=O)c1cc(N)cnc1NCCN1CCCCC1. The summed E-state index contributed by atoms with van der Waals surface area (Å²) in [4.78, 5) is 17.9. The first-order valence-corrected chi connectivity index (χ1v) is 6.68. The highest BCUT2D eigenvalue weighted by Gasteiger charge is 2.12. The van der Waals surface area contributed by atoms with Crippen LogP contribution >= 0.6 is 0 Å². The molecule has 1 amide bonds. The van der Waals surface area contributed by atoms with Crippen LogP contribution in [0.1, 0.15) is 29.6 Å². The van der Waals surface area contributed by atoms with Crippen molar-refractivity contribution in [3.05, 3.63) is 17.8 Å². The van der Waals surface area contributed by atoms with Crippen molar-refractivity contribution in [1.82, 2.24) is 9.88 Å². The van der Waals surface area contributed by atoms with Gasteiger partial charge in [-0.1, -0.05) is 6.42 Å². The Kier molecular flexibility index (Phi) is 4.57. The molecule has 19 heavy (non-hydrogen) atoms. The number of pyridine rings is 1. The van der Waals surface area contributed by atoms with E-state index in [1.807, 2.05) is 0 Å². The quantitative estimate of drug-likeness (QED) is 0.725. The van der Waals surface area contributed by atoms with Crippen LogP contribution in [0.3, 0.4) is 0 Å². The topological polar surface area (TPSA) is 97.3 Å². The van der Waals surface area contributed by atoms with Crippen molar-refractivity contribution in [2.24, 2.45) is 5.73 Å². The van der Waals surface area contributed by atoms with Crippen LogP contribution in [0.25, 0.3) is 0 Å². The zero-order valence-electron chi connectivity index (χ0n) is 11.1. The van der Waals surface area contributed by atoms with E-state index in [1.165, 1.54) is 25.5 Å². The third kappa shape index (κ3) is 3.82. The number of amides is 1. The summed E-state index contributed by atoms with van der Waals surface area (Å²) in [6.45, 7) is 4.00. The molecule has 1 aliphatic rings. The van der Waals surface area contributed by atoms with Gasteiger partial charge in [-0.05, 0) is 32.0 Å². The molecule has 1 aromatic rings. The fourth-order valence-corrected chi connectivity index (χ4v) is 2.33. The standard InChI is InChI=1S/C13H21N5O/c14-10-8-11(12(15)19)13(17-9-10)16-4-7-18-5-2-1-3-6-18/h8-9H,1-7,14H2,(H2,15,19)(H,16,17). The molecule has 0 aromatic carbocycles. The Bertz CT molecular complexity index is 443. The third-order valence-electron chi connectivity index (χ3n) is 3.34. The van der Waals surface area contributed by atoms with Crippen molar-refractivity contribution < 1.29 is 4.79 Å². The van der Waals surface area contributed by atoms with Crippen molar-refractivity contribution in [1.29, 1.82) is 0 Å². The Balaban J connectivity index is 1.89. The highest BCUT2D eigenvalue weighted by Crippen LogP contribution is 2.15. The molecule has 1 saturated heterocycles. The zero-order chi connectivity index (χ0) is 13.7. The van der Waals surface area contributed by atoms with Crippen LogP contribution in [-0.2, 0) is 0 Å². The summed E-state index contributed by atoms with van der Waals surface area (Å²) >= 11 is 0. The molecule has 1 fully saturated rings. The van der Waals surface area contributed by atoms with E-state index in [0.29, 0.717) is 17.1 Å². The van der Waals surface area contributed by atoms with E-state index in [1.54, 1.807) is 6.07 Å². The van der Waals surface area contributed by atoms with Gasteiger partial charge < -0.3 is 21.7 Å². The third-order valence-corrected chi connectivity index (χ3v) is 3.34. The van der Waals surface area contributed by atoms with Crippen LogP contribution in [0.2, 0.25) is 0 Å². The smallest absolute Gasteiger partial charge is 0.252 e. The van der Waals surface area contributed by atoms with Crippen LogP contribution in [0, 0.1) is 0 Å². The van der Waals surface area contributed by atoms with E-state index in [2.05, 4.69) is 15.2 Å². The normalized spacial score (nSPS) is 16.2. The number of carbonyl (C=O) groups excluding carboxylic acids is 1. The Morgan fingerprint density at radius 1 is 1.37 bits per heavy atom. The predicted octanol–water partition coefficient (Wildman–Crippen LogP) is 0.660. The molecule has 6 heteroatoms. The van der Waals surface area contributed by atoms with Gasteiger partial charge in [-0.15, -0.1) is 0 Å². The Labute approximate surface area is 113 Å². The van der Waals surface area contributed by atoms with Crippen molar-refractivity contribution >= 4 is 17.4 Å². The van der Waals surface area contributed by atoms with E-state index in [-0.39, 0.29) is 0 Å². The summed E-state index contributed by atoms with van der Waals surface area (Å²) in [6.07, 6.45) is 5.39. The molecular formula is C13H21N5O. The number of anilines is 2. The molecule has 0 atom stereocenters.